The van der Waals surface area contributed by atoms with Crippen molar-refractivity contribution >= 4 is 23.3 Å². The minimum absolute atomic E-state index is 0.166. The smallest absolute Gasteiger partial charge is 0.324 e. The number of hydrogen-bond acceptors (Lipinski definition) is 6. The van der Waals surface area contributed by atoms with Gasteiger partial charge in [0.2, 0.25) is 5.71 Å². The zero-order valence-electron chi connectivity index (χ0n) is 12.6. The van der Waals surface area contributed by atoms with Gasteiger partial charge in [-0.2, -0.15) is 15.6 Å². The third-order valence-corrected chi connectivity index (χ3v) is 3.25. The van der Waals surface area contributed by atoms with Gasteiger partial charge in [0, 0.05) is 0 Å². The molecule has 8 nitrogen and oxygen atoms in total. The van der Waals surface area contributed by atoms with Crippen molar-refractivity contribution in [2.24, 2.45) is 5.10 Å². The van der Waals surface area contributed by atoms with E-state index in [0.29, 0.717) is 5.69 Å². The van der Waals surface area contributed by atoms with E-state index in [4.69, 9.17) is 10.5 Å². The number of hydrogen-bond donors (Lipinski definition) is 2. The average Bonchev–Trinajstić information content (AvgIpc) is 2.71. The molecule has 1 fully saturated rings. The van der Waals surface area contributed by atoms with Crippen LogP contribution in [0.4, 0.5) is 10.5 Å². The molecule has 0 unspecified atom stereocenters. The zero-order valence-corrected chi connectivity index (χ0v) is 12.6. The van der Waals surface area contributed by atoms with Gasteiger partial charge in [-0.15, -0.1) is 0 Å². The number of rotatable bonds is 4. The summed E-state index contributed by atoms with van der Waals surface area (Å²) in [5.74, 6) is -0.276. The number of imide groups is 1. The third-order valence-electron chi connectivity index (χ3n) is 3.25. The first kappa shape index (κ1) is 16.0. The third kappa shape index (κ3) is 3.44. The lowest BCUT2D eigenvalue weighted by molar-refractivity contribution is -0.130. The maximum absolute atomic E-state index is 12.1. The summed E-state index contributed by atoms with van der Waals surface area (Å²) < 4.78 is 0. The number of urea groups is 1. The Morgan fingerprint density at radius 2 is 1.87 bits per heavy atom. The van der Waals surface area contributed by atoms with Gasteiger partial charge in [-0.1, -0.05) is 12.1 Å². The second kappa shape index (κ2) is 6.16. The van der Waals surface area contributed by atoms with Gasteiger partial charge in [0.25, 0.3) is 5.91 Å². The van der Waals surface area contributed by atoms with Crippen LogP contribution in [0.5, 0.6) is 0 Å². The molecule has 0 bridgehead atoms. The largest absolute Gasteiger partial charge is 0.325 e. The minimum atomic E-state index is -0.891. The maximum atomic E-state index is 12.1. The number of hydrazone groups is 1. The lowest BCUT2D eigenvalue weighted by atomic mass is 10.1. The summed E-state index contributed by atoms with van der Waals surface area (Å²) in [6, 6.07) is 9.66. The van der Waals surface area contributed by atoms with E-state index in [9.17, 15) is 9.59 Å². The molecule has 1 saturated heterocycles. The molecular formula is C15H14N6O2. The molecule has 1 heterocycles. The standard InChI is InChI=1S/C15H14N6O2/c1-15(2)13(22)21(14(23)18-15)9-10-3-5-11(6-4-10)19-20-12(7-16)8-17/h3-6,19H,9H2,1-2H3,(H,18,23). The highest BCUT2D eigenvalue weighted by Gasteiger charge is 2.43. The van der Waals surface area contributed by atoms with Crippen molar-refractivity contribution in [3.63, 3.8) is 0 Å². The molecule has 1 aliphatic heterocycles. The summed E-state index contributed by atoms with van der Waals surface area (Å²) in [5, 5.41) is 23.4. The van der Waals surface area contributed by atoms with Crippen molar-refractivity contribution in [3.8, 4) is 12.1 Å². The number of carbonyl (C=O) groups is 2. The molecular weight excluding hydrogens is 296 g/mol. The van der Waals surface area contributed by atoms with Crippen molar-refractivity contribution in [1.82, 2.24) is 10.2 Å². The van der Waals surface area contributed by atoms with E-state index in [0.717, 1.165) is 10.5 Å². The van der Waals surface area contributed by atoms with Crippen LogP contribution in [-0.4, -0.2) is 28.1 Å². The molecule has 0 radical (unpaired) electrons. The summed E-state index contributed by atoms with van der Waals surface area (Å²) in [6.45, 7) is 3.47. The number of nitrogens with zero attached hydrogens (tertiary/aromatic N) is 4. The molecule has 0 aliphatic carbocycles. The normalized spacial score (nSPS) is 15.4. The Labute approximate surface area is 133 Å². The van der Waals surface area contributed by atoms with Gasteiger partial charge in [-0.3, -0.25) is 15.1 Å². The van der Waals surface area contributed by atoms with Crippen LogP contribution in [0.3, 0.4) is 0 Å². The van der Waals surface area contributed by atoms with Gasteiger partial charge in [-0.25, -0.2) is 4.79 Å². The number of nitriles is 2. The summed E-state index contributed by atoms with van der Waals surface area (Å²) >= 11 is 0. The van der Waals surface area contributed by atoms with E-state index in [1.54, 1.807) is 50.3 Å². The van der Waals surface area contributed by atoms with Gasteiger partial charge in [0.05, 0.1) is 12.2 Å². The Morgan fingerprint density at radius 3 is 2.35 bits per heavy atom. The zero-order chi connectivity index (χ0) is 17.0. The first-order valence-electron chi connectivity index (χ1n) is 6.74. The van der Waals surface area contributed by atoms with Crippen molar-refractivity contribution in [3.05, 3.63) is 29.8 Å². The fourth-order valence-corrected chi connectivity index (χ4v) is 2.02. The second-order valence-corrected chi connectivity index (χ2v) is 5.44. The van der Waals surface area contributed by atoms with Crippen molar-refractivity contribution < 1.29 is 9.59 Å². The molecule has 0 saturated carbocycles. The van der Waals surface area contributed by atoms with Crippen molar-refractivity contribution in [1.29, 1.82) is 10.5 Å². The Hall–Kier alpha value is -3.39. The highest BCUT2D eigenvalue weighted by molar-refractivity contribution is 6.10. The molecule has 1 aromatic rings. The number of nitrogens with one attached hydrogen (secondary N) is 2. The molecule has 0 spiro atoms. The lowest BCUT2D eigenvalue weighted by Crippen LogP contribution is -2.40. The van der Waals surface area contributed by atoms with Crippen LogP contribution in [0.15, 0.2) is 29.4 Å². The molecule has 0 aromatic heterocycles. The van der Waals surface area contributed by atoms with E-state index in [-0.39, 0.29) is 18.2 Å². The number of amides is 3. The van der Waals surface area contributed by atoms with Crippen LogP contribution in [0.1, 0.15) is 19.4 Å². The summed E-state index contributed by atoms with van der Waals surface area (Å²) in [6.07, 6.45) is 0. The van der Waals surface area contributed by atoms with Crippen LogP contribution in [0.25, 0.3) is 0 Å². The molecule has 116 valence electrons. The molecule has 23 heavy (non-hydrogen) atoms. The van der Waals surface area contributed by atoms with Crippen LogP contribution >= 0.6 is 0 Å². The fourth-order valence-electron chi connectivity index (χ4n) is 2.02. The molecule has 0 atom stereocenters. The number of anilines is 1. The number of carbonyl (C=O) groups excluding carboxylic acids is 2. The molecule has 2 rings (SSSR count). The van der Waals surface area contributed by atoms with E-state index >= 15 is 0 Å². The van der Waals surface area contributed by atoms with Crippen molar-refractivity contribution in [2.75, 3.05) is 5.43 Å². The number of benzene rings is 1. The topological polar surface area (TPSA) is 121 Å². The highest BCUT2D eigenvalue weighted by atomic mass is 16.2. The molecule has 2 N–H and O–H groups in total. The summed E-state index contributed by atoms with van der Waals surface area (Å²) in [7, 11) is 0. The van der Waals surface area contributed by atoms with E-state index in [2.05, 4.69) is 15.8 Å². The quantitative estimate of drug-likeness (QED) is 0.493. The predicted octanol–water partition coefficient (Wildman–Crippen LogP) is 1.33. The Kier molecular flexibility index (Phi) is 4.28. The average molecular weight is 310 g/mol. The molecule has 1 aromatic carbocycles. The lowest BCUT2D eigenvalue weighted by Gasteiger charge is -2.16. The minimum Gasteiger partial charge on any atom is -0.324 e. The summed E-state index contributed by atoms with van der Waals surface area (Å²) in [4.78, 5) is 25.1. The van der Waals surface area contributed by atoms with Gasteiger partial charge in [0.1, 0.15) is 17.7 Å². The predicted molar refractivity (Wildman–Crippen MR) is 81.9 cm³/mol. The van der Waals surface area contributed by atoms with Gasteiger partial charge >= 0.3 is 6.03 Å². The monoisotopic (exact) mass is 310 g/mol. The van der Waals surface area contributed by atoms with Gasteiger partial charge in [-0.05, 0) is 31.5 Å². The van der Waals surface area contributed by atoms with Gasteiger partial charge < -0.3 is 5.32 Å². The SMILES string of the molecule is CC1(C)NC(=O)N(Cc2ccc(NN=C(C#N)C#N)cc2)C1=O. The van der Waals surface area contributed by atoms with Gasteiger partial charge in [0.15, 0.2) is 0 Å². The van der Waals surface area contributed by atoms with E-state index in [1.807, 2.05) is 0 Å². The first-order valence-corrected chi connectivity index (χ1v) is 6.74. The molecule has 3 amide bonds. The van der Waals surface area contributed by atoms with Crippen LogP contribution in [-0.2, 0) is 11.3 Å². The Balaban J connectivity index is 2.06. The maximum Gasteiger partial charge on any atom is 0.325 e. The van der Waals surface area contributed by atoms with Crippen LogP contribution in [0.2, 0.25) is 0 Å². The fraction of sp³-hybridized carbons (Fsp3) is 0.267. The first-order chi connectivity index (χ1) is 10.9. The Bertz CT molecular complexity index is 736. The second-order valence-electron chi connectivity index (χ2n) is 5.44. The van der Waals surface area contributed by atoms with Crippen LogP contribution in [0, 0.1) is 22.7 Å². The van der Waals surface area contributed by atoms with E-state index in [1.165, 1.54) is 0 Å². The Morgan fingerprint density at radius 1 is 1.26 bits per heavy atom. The van der Waals surface area contributed by atoms with Crippen LogP contribution < -0.4 is 10.7 Å². The molecule has 1 aliphatic rings. The van der Waals surface area contributed by atoms with Crippen molar-refractivity contribution in [2.45, 2.75) is 25.9 Å². The molecule has 8 heteroatoms. The van der Waals surface area contributed by atoms with E-state index < -0.39 is 11.6 Å². The highest BCUT2D eigenvalue weighted by Crippen LogP contribution is 2.20. The summed E-state index contributed by atoms with van der Waals surface area (Å²) in [5.41, 5.74) is 2.75.